The first-order valence-corrected chi connectivity index (χ1v) is 3.25. The van der Waals surface area contributed by atoms with E-state index in [1.165, 1.54) is 10.8 Å². The fourth-order valence-electron chi connectivity index (χ4n) is 1.03. The van der Waals surface area contributed by atoms with Gasteiger partial charge in [-0.25, -0.2) is 0 Å². The molecule has 2 rings (SSSR count). The molecule has 56 valence electrons. The second-order valence-electron chi connectivity index (χ2n) is 2.22. The average molecular weight is 163 g/mol. The monoisotopic (exact) mass is 163 g/mol. The molecule has 1 unspecified atom stereocenters. The quantitative estimate of drug-likeness (QED) is 0.543. The van der Waals surface area contributed by atoms with Crippen LogP contribution in [0.15, 0.2) is 42.7 Å². The smallest absolute Gasteiger partial charge is 0.0346 e. The van der Waals surface area contributed by atoms with Gasteiger partial charge in [0.15, 0.2) is 0 Å². The summed E-state index contributed by atoms with van der Waals surface area (Å²) >= 11 is 0. The van der Waals surface area contributed by atoms with Crippen LogP contribution in [0.2, 0.25) is 0 Å². The number of rotatable bonds is 0. The SMILES string of the molecule is P.c1ccc2cnccc2c1. The van der Waals surface area contributed by atoms with E-state index in [1.54, 1.807) is 0 Å². The lowest BCUT2D eigenvalue weighted by molar-refractivity contribution is 1.36. The predicted molar refractivity (Wildman–Crippen MR) is 52.8 cm³/mol. The summed E-state index contributed by atoms with van der Waals surface area (Å²) in [6, 6.07) is 10.2. The lowest BCUT2D eigenvalue weighted by Crippen LogP contribution is -1.71. The molecule has 0 N–H and O–H groups in total. The topological polar surface area (TPSA) is 12.9 Å². The van der Waals surface area contributed by atoms with Crippen LogP contribution in [0.1, 0.15) is 0 Å². The van der Waals surface area contributed by atoms with Crippen molar-refractivity contribution in [3.63, 3.8) is 0 Å². The van der Waals surface area contributed by atoms with Crippen molar-refractivity contribution in [2.24, 2.45) is 0 Å². The lowest BCUT2D eigenvalue weighted by Gasteiger charge is -1.91. The fourth-order valence-corrected chi connectivity index (χ4v) is 1.03. The molecule has 1 nitrogen and oxygen atoms in total. The molecule has 0 bridgehead atoms. The maximum absolute atomic E-state index is 4.01. The second kappa shape index (κ2) is 3.45. The highest BCUT2D eigenvalue weighted by Crippen LogP contribution is 2.09. The number of hydrogen-bond acceptors (Lipinski definition) is 1. The maximum Gasteiger partial charge on any atom is 0.0346 e. The number of aromatic nitrogens is 1. The van der Waals surface area contributed by atoms with Crippen molar-refractivity contribution in [3.8, 4) is 0 Å². The zero-order valence-electron chi connectivity index (χ0n) is 6.20. The van der Waals surface area contributed by atoms with Crippen molar-refractivity contribution < 1.29 is 0 Å². The van der Waals surface area contributed by atoms with E-state index in [0.29, 0.717) is 0 Å². The average Bonchev–Trinajstić information content (AvgIpc) is 2.05. The molecule has 1 aromatic heterocycles. The Morgan fingerprint density at radius 3 is 2.36 bits per heavy atom. The molecule has 2 aromatic rings. The standard InChI is InChI=1S/C9H7N.H3P/c1-2-4-9-7-10-6-5-8(9)3-1;/h1-7H;1H3. The molecule has 0 saturated carbocycles. The highest BCUT2D eigenvalue weighted by Gasteiger charge is 1.86. The summed E-state index contributed by atoms with van der Waals surface area (Å²) in [6.07, 6.45) is 3.68. The van der Waals surface area contributed by atoms with E-state index in [2.05, 4.69) is 17.1 Å². The van der Waals surface area contributed by atoms with Crippen LogP contribution in [-0.2, 0) is 0 Å². The summed E-state index contributed by atoms with van der Waals surface area (Å²) < 4.78 is 0. The zero-order chi connectivity index (χ0) is 6.81. The predicted octanol–water partition coefficient (Wildman–Crippen LogP) is 2.29. The molecule has 1 heterocycles. The van der Waals surface area contributed by atoms with Gasteiger partial charge in [-0.3, -0.25) is 4.98 Å². The molecule has 0 aliphatic rings. The van der Waals surface area contributed by atoms with E-state index in [-0.39, 0.29) is 9.90 Å². The van der Waals surface area contributed by atoms with Gasteiger partial charge in [0.2, 0.25) is 0 Å². The summed E-state index contributed by atoms with van der Waals surface area (Å²) in [7, 11) is 0. The number of benzene rings is 1. The molecule has 11 heavy (non-hydrogen) atoms. The number of nitrogens with zero attached hydrogens (tertiary/aromatic N) is 1. The molecule has 0 aliphatic heterocycles. The Labute approximate surface area is 69.1 Å². The van der Waals surface area contributed by atoms with Gasteiger partial charge < -0.3 is 0 Å². The van der Waals surface area contributed by atoms with Crippen molar-refractivity contribution in [2.75, 3.05) is 0 Å². The van der Waals surface area contributed by atoms with Crippen molar-refractivity contribution in [2.45, 2.75) is 0 Å². The van der Waals surface area contributed by atoms with Gasteiger partial charge in [-0.05, 0) is 16.8 Å². The third-order valence-electron chi connectivity index (χ3n) is 1.55. The Hall–Kier alpha value is -0.940. The van der Waals surface area contributed by atoms with Gasteiger partial charge in [-0.15, -0.1) is 0 Å². The van der Waals surface area contributed by atoms with Crippen LogP contribution in [-0.4, -0.2) is 4.98 Å². The van der Waals surface area contributed by atoms with Gasteiger partial charge in [0.1, 0.15) is 0 Å². The second-order valence-corrected chi connectivity index (χ2v) is 2.22. The zero-order valence-corrected chi connectivity index (χ0v) is 7.61. The third-order valence-corrected chi connectivity index (χ3v) is 1.55. The van der Waals surface area contributed by atoms with E-state index in [4.69, 9.17) is 0 Å². The van der Waals surface area contributed by atoms with E-state index < -0.39 is 0 Å². The minimum atomic E-state index is 0. The van der Waals surface area contributed by atoms with Gasteiger partial charge in [0, 0.05) is 12.4 Å². The van der Waals surface area contributed by atoms with Crippen molar-refractivity contribution in [3.05, 3.63) is 42.7 Å². The van der Waals surface area contributed by atoms with Crippen molar-refractivity contribution >= 4 is 20.7 Å². The van der Waals surface area contributed by atoms with Crippen LogP contribution in [0.4, 0.5) is 0 Å². The molecular weight excluding hydrogens is 153 g/mol. The van der Waals surface area contributed by atoms with Crippen LogP contribution >= 0.6 is 9.90 Å². The van der Waals surface area contributed by atoms with Crippen LogP contribution in [0.3, 0.4) is 0 Å². The van der Waals surface area contributed by atoms with Gasteiger partial charge in [0.05, 0.1) is 0 Å². The molecule has 0 radical (unpaired) electrons. The molecule has 1 aromatic carbocycles. The normalized spacial score (nSPS) is 9.09. The Balaban J connectivity index is 0.000000605. The van der Waals surface area contributed by atoms with Crippen LogP contribution in [0, 0.1) is 0 Å². The highest BCUT2D eigenvalue weighted by atomic mass is 31.0. The fraction of sp³-hybridized carbons (Fsp3) is 0. The molecule has 0 amide bonds. The molecule has 0 fully saturated rings. The molecular formula is C9H10NP. The minimum Gasteiger partial charge on any atom is -0.264 e. The van der Waals surface area contributed by atoms with Gasteiger partial charge >= 0.3 is 0 Å². The largest absolute Gasteiger partial charge is 0.264 e. The van der Waals surface area contributed by atoms with E-state index in [0.717, 1.165) is 0 Å². The number of hydrogen-bond donors (Lipinski definition) is 0. The van der Waals surface area contributed by atoms with Crippen LogP contribution in [0.5, 0.6) is 0 Å². The summed E-state index contributed by atoms with van der Waals surface area (Å²) in [6.45, 7) is 0. The summed E-state index contributed by atoms with van der Waals surface area (Å²) in [5.41, 5.74) is 0. The van der Waals surface area contributed by atoms with Crippen molar-refractivity contribution in [1.29, 1.82) is 0 Å². The van der Waals surface area contributed by atoms with Gasteiger partial charge in [0.25, 0.3) is 0 Å². The minimum absolute atomic E-state index is 0. The van der Waals surface area contributed by atoms with E-state index >= 15 is 0 Å². The van der Waals surface area contributed by atoms with Gasteiger partial charge in [-0.1, -0.05) is 24.3 Å². The Morgan fingerprint density at radius 1 is 0.909 bits per heavy atom. The number of pyridine rings is 1. The first kappa shape index (κ1) is 8.16. The summed E-state index contributed by atoms with van der Waals surface area (Å²) in [4.78, 5) is 4.01. The van der Waals surface area contributed by atoms with Crippen molar-refractivity contribution in [1.82, 2.24) is 4.98 Å². The molecule has 0 spiro atoms. The molecule has 1 atom stereocenters. The lowest BCUT2D eigenvalue weighted by atomic mass is 10.2. The Kier molecular flexibility index (Phi) is 2.56. The highest BCUT2D eigenvalue weighted by molar-refractivity contribution is 6.92. The summed E-state index contributed by atoms with van der Waals surface area (Å²) in [5, 5.41) is 2.45. The Morgan fingerprint density at radius 2 is 1.64 bits per heavy atom. The first-order chi connectivity index (χ1) is 4.97. The number of fused-ring (bicyclic) bond motifs is 1. The van der Waals surface area contributed by atoms with Gasteiger partial charge in [-0.2, -0.15) is 9.90 Å². The summed E-state index contributed by atoms with van der Waals surface area (Å²) in [5.74, 6) is 0. The maximum atomic E-state index is 4.01. The molecule has 0 aliphatic carbocycles. The molecule has 2 heteroatoms. The van der Waals surface area contributed by atoms with E-state index in [9.17, 15) is 0 Å². The van der Waals surface area contributed by atoms with Crippen LogP contribution in [0.25, 0.3) is 10.8 Å². The van der Waals surface area contributed by atoms with E-state index in [1.807, 2.05) is 30.6 Å². The first-order valence-electron chi connectivity index (χ1n) is 3.25. The molecule has 0 saturated heterocycles. The third kappa shape index (κ3) is 1.55. The Bertz CT molecular complexity index is 281. The van der Waals surface area contributed by atoms with Crippen LogP contribution < -0.4 is 0 Å².